The lowest BCUT2D eigenvalue weighted by molar-refractivity contribution is -0.119. The maximum absolute atomic E-state index is 11.6. The standard InChI is InChI=1S/C20H19N3O4/c1-12-7-14-8-17-18(27-11-26-17)9-16(14)20(23-22-12)13-3-5-15(6-4-13)21-19(24)10-25-2/h3-6,8-9H,7,10-11H2,1-2H3,(H,21,24). The summed E-state index contributed by atoms with van der Waals surface area (Å²) >= 11 is 0. The van der Waals surface area contributed by atoms with E-state index in [0.29, 0.717) is 17.9 Å². The lowest BCUT2D eigenvalue weighted by Crippen LogP contribution is -2.17. The van der Waals surface area contributed by atoms with Crippen molar-refractivity contribution in [1.82, 2.24) is 0 Å². The number of carbonyl (C=O) groups is 1. The van der Waals surface area contributed by atoms with E-state index >= 15 is 0 Å². The number of nitrogens with one attached hydrogen (secondary N) is 1. The van der Waals surface area contributed by atoms with Gasteiger partial charge in [-0.3, -0.25) is 4.79 Å². The number of ether oxygens (including phenoxy) is 3. The van der Waals surface area contributed by atoms with E-state index in [4.69, 9.17) is 14.2 Å². The number of amides is 1. The summed E-state index contributed by atoms with van der Waals surface area (Å²) < 4.78 is 15.9. The molecule has 0 saturated carbocycles. The average Bonchev–Trinajstić information content (AvgIpc) is 3.04. The predicted molar refractivity (Wildman–Crippen MR) is 102 cm³/mol. The highest BCUT2D eigenvalue weighted by atomic mass is 16.7. The molecule has 0 aliphatic carbocycles. The smallest absolute Gasteiger partial charge is 0.250 e. The Kier molecular flexibility index (Phi) is 4.60. The number of hydrogen-bond acceptors (Lipinski definition) is 6. The van der Waals surface area contributed by atoms with Crippen LogP contribution in [0.4, 0.5) is 5.69 Å². The van der Waals surface area contributed by atoms with Crippen molar-refractivity contribution in [3.05, 3.63) is 53.1 Å². The number of methoxy groups -OCH3 is 1. The SMILES string of the molecule is COCC(=O)Nc1ccc(C2=NN=C(C)Cc3cc4c(cc32)OCO4)cc1. The molecule has 7 heteroatoms. The van der Waals surface area contributed by atoms with Crippen molar-refractivity contribution >= 4 is 23.0 Å². The molecule has 1 N–H and O–H groups in total. The molecule has 0 atom stereocenters. The van der Waals surface area contributed by atoms with Crippen molar-refractivity contribution in [2.45, 2.75) is 13.3 Å². The molecular formula is C20H19N3O4. The summed E-state index contributed by atoms with van der Waals surface area (Å²) in [5.74, 6) is 1.26. The van der Waals surface area contributed by atoms with Crippen LogP contribution in [0.25, 0.3) is 0 Å². The molecule has 27 heavy (non-hydrogen) atoms. The normalized spacial score (nSPS) is 14.7. The largest absolute Gasteiger partial charge is 0.454 e. The van der Waals surface area contributed by atoms with E-state index in [1.54, 1.807) is 0 Å². The van der Waals surface area contributed by atoms with Gasteiger partial charge in [-0.05, 0) is 36.8 Å². The summed E-state index contributed by atoms with van der Waals surface area (Å²) in [5.41, 5.74) is 5.34. The van der Waals surface area contributed by atoms with E-state index in [1.165, 1.54) is 7.11 Å². The molecule has 4 rings (SSSR count). The van der Waals surface area contributed by atoms with Gasteiger partial charge in [-0.15, -0.1) is 5.10 Å². The van der Waals surface area contributed by atoms with Gasteiger partial charge in [-0.1, -0.05) is 12.1 Å². The molecule has 0 aromatic heterocycles. The lowest BCUT2D eigenvalue weighted by atomic mass is 9.94. The third-order valence-electron chi connectivity index (χ3n) is 4.34. The Morgan fingerprint density at radius 2 is 1.89 bits per heavy atom. The first-order valence-electron chi connectivity index (χ1n) is 8.57. The van der Waals surface area contributed by atoms with Crippen molar-refractivity contribution in [3.8, 4) is 11.5 Å². The number of fused-ring (bicyclic) bond motifs is 2. The van der Waals surface area contributed by atoms with Gasteiger partial charge in [-0.2, -0.15) is 5.10 Å². The number of benzene rings is 2. The van der Waals surface area contributed by atoms with Gasteiger partial charge in [0.25, 0.3) is 0 Å². The van der Waals surface area contributed by atoms with E-state index in [2.05, 4.69) is 15.5 Å². The van der Waals surface area contributed by atoms with Gasteiger partial charge >= 0.3 is 0 Å². The average molecular weight is 365 g/mol. The van der Waals surface area contributed by atoms with Crippen LogP contribution in [0.15, 0.2) is 46.6 Å². The second kappa shape index (κ2) is 7.20. The quantitative estimate of drug-likeness (QED) is 0.903. The van der Waals surface area contributed by atoms with Crippen LogP contribution in [0.2, 0.25) is 0 Å². The summed E-state index contributed by atoms with van der Waals surface area (Å²) in [4.78, 5) is 11.6. The fourth-order valence-corrected chi connectivity index (χ4v) is 3.10. The zero-order valence-corrected chi connectivity index (χ0v) is 15.1. The van der Waals surface area contributed by atoms with Gasteiger partial charge in [0.05, 0.1) is 0 Å². The maximum atomic E-state index is 11.6. The molecular weight excluding hydrogens is 346 g/mol. The molecule has 2 aromatic rings. The van der Waals surface area contributed by atoms with Crippen LogP contribution < -0.4 is 14.8 Å². The number of anilines is 1. The van der Waals surface area contributed by atoms with Crippen LogP contribution in [0.5, 0.6) is 11.5 Å². The van der Waals surface area contributed by atoms with Gasteiger partial charge < -0.3 is 19.5 Å². The molecule has 2 aliphatic rings. The first-order valence-corrected chi connectivity index (χ1v) is 8.57. The van der Waals surface area contributed by atoms with Gasteiger partial charge in [0, 0.05) is 36.1 Å². The van der Waals surface area contributed by atoms with Crippen molar-refractivity contribution in [2.75, 3.05) is 25.8 Å². The maximum Gasteiger partial charge on any atom is 0.250 e. The number of nitrogens with zero attached hydrogens (tertiary/aromatic N) is 2. The highest BCUT2D eigenvalue weighted by molar-refractivity contribution is 6.15. The third kappa shape index (κ3) is 3.54. The molecule has 0 fully saturated rings. The summed E-state index contributed by atoms with van der Waals surface area (Å²) in [7, 11) is 1.48. The van der Waals surface area contributed by atoms with Crippen LogP contribution in [-0.4, -0.2) is 37.8 Å². The molecule has 0 unspecified atom stereocenters. The molecule has 2 aliphatic heterocycles. The highest BCUT2D eigenvalue weighted by Crippen LogP contribution is 2.36. The minimum absolute atomic E-state index is 0.0169. The zero-order valence-electron chi connectivity index (χ0n) is 15.1. The Balaban J connectivity index is 1.68. The predicted octanol–water partition coefficient (Wildman–Crippen LogP) is 2.77. The minimum atomic E-state index is -0.199. The topological polar surface area (TPSA) is 81.5 Å². The first-order chi connectivity index (χ1) is 13.1. The fraction of sp³-hybridized carbons (Fsp3) is 0.250. The molecule has 7 nitrogen and oxygen atoms in total. The highest BCUT2D eigenvalue weighted by Gasteiger charge is 2.22. The molecule has 0 radical (unpaired) electrons. The number of carbonyl (C=O) groups excluding carboxylic acids is 1. The van der Waals surface area contributed by atoms with Crippen LogP contribution in [-0.2, 0) is 16.0 Å². The molecule has 1 amide bonds. The second-order valence-corrected chi connectivity index (χ2v) is 6.38. The Hall–Kier alpha value is -3.19. The number of hydrogen-bond donors (Lipinski definition) is 1. The van der Waals surface area contributed by atoms with Crippen molar-refractivity contribution in [1.29, 1.82) is 0 Å². The van der Waals surface area contributed by atoms with Gasteiger partial charge in [0.1, 0.15) is 12.3 Å². The van der Waals surface area contributed by atoms with Gasteiger partial charge in [0.15, 0.2) is 11.5 Å². The van der Waals surface area contributed by atoms with E-state index in [1.807, 2.05) is 43.3 Å². The monoisotopic (exact) mass is 365 g/mol. The fourth-order valence-electron chi connectivity index (χ4n) is 3.10. The molecule has 0 bridgehead atoms. The summed E-state index contributed by atoms with van der Waals surface area (Å²) in [6, 6.07) is 11.4. The third-order valence-corrected chi connectivity index (χ3v) is 4.34. The molecule has 0 saturated heterocycles. The van der Waals surface area contributed by atoms with Crippen molar-refractivity contribution < 1.29 is 19.0 Å². The summed E-state index contributed by atoms with van der Waals surface area (Å²) in [5, 5.41) is 11.6. The van der Waals surface area contributed by atoms with Gasteiger partial charge in [-0.25, -0.2) is 0 Å². The second-order valence-electron chi connectivity index (χ2n) is 6.38. The summed E-state index contributed by atoms with van der Waals surface area (Å²) in [6.07, 6.45) is 0.699. The Morgan fingerprint density at radius 1 is 1.15 bits per heavy atom. The Bertz CT molecular complexity index is 948. The molecule has 2 aromatic carbocycles. The van der Waals surface area contributed by atoms with E-state index in [-0.39, 0.29) is 19.3 Å². The Morgan fingerprint density at radius 3 is 2.63 bits per heavy atom. The van der Waals surface area contributed by atoms with Crippen LogP contribution in [0, 0.1) is 0 Å². The van der Waals surface area contributed by atoms with E-state index in [9.17, 15) is 4.79 Å². The van der Waals surface area contributed by atoms with E-state index in [0.717, 1.165) is 33.9 Å². The summed E-state index contributed by atoms with van der Waals surface area (Å²) in [6.45, 7) is 2.20. The molecule has 2 heterocycles. The minimum Gasteiger partial charge on any atom is -0.454 e. The van der Waals surface area contributed by atoms with Crippen LogP contribution >= 0.6 is 0 Å². The van der Waals surface area contributed by atoms with Crippen LogP contribution in [0.1, 0.15) is 23.6 Å². The van der Waals surface area contributed by atoms with Crippen molar-refractivity contribution in [3.63, 3.8) is 0 Å². The van der Waals surface area contributed by atoms with Crippen molar-refractivity contribution in [2.24, 2.45) is 10.2 Å². The Labute approximate surface area is 156 Å². The van der Waals surface area contributed by atoms with E-state index < -0.39 is 0 Å². The molecule has 138 valence electrons. The molecule has 0 spiro atoms. The number of rotatable bonds is 4. The first kappa shape index (κ1) is 17.2. The van der Waals surface area contributed by atoms with Gasteiger partial charge in [0.2, 0.25) is 12.7 Å². The van der Waals surface area contributed by atoms with Crippen LogP contribution in [0.3, 0.4) is 0 Å². The zero-order chi connectivity index (χ0) is 18.8. The lowest BCUT2D eigenvalue weighted by Gasteiger charge is -2.11.